The molecule has 1 aromatic rings. The molecule has 4 N–H and O–H groups in total. The van der Waals surface area contributed by atoms with Crippen LogP contribution >= 0.6 is 11.3 Å². The van der Waals surface area contributed by atoms with Gasteiger partial charge in [0.25, 0.3) is 0 Å². The summed E-state index contributed by atoms with van der Waals surface area (Å²) in [5, 5.41) is 21.0. The van der Waals surface area contributed by atoms with Crippen molar-refractivity contribution < 1.29 is 13.5 Å². The largest absolute Gasteiger partial charge is 0.387 e. The maximum absolute atomic E-state index is 10.6. The standard InChI is InChI=1S/C8H14N2O3S2/c9-15(12,13)4-2-10-5-8(11)7-1-3-14-6-7/h1,3,6,8,10-11H,2,4-5H2,(H2,9,12,13). The molecule has 1 aromatic heterocycles. The van der Waals surface area contributed by atoms with Crippen molar-refractivity contribution in [3.05, 3.63) is 22.4 Å². The van der Waals surface area contributed by atoms with Crippen LogP contribution in [-0.4, -0.2) is 32.4 Å². The molecule has 0 fully saturated rings. The van der Waals surface area contributed by atoms with E-state index in [1.165, 1.54) is 11.3 Å². The van der Waals surface area contributed by atoms with Crippen molar-refractivity contribution in [3.8, 4) is 0 Å². The van der Waals surface area contributed by atoms with E-state index in [0.29, 0.717) is 6.54 Å². The molecule has 0 spiro atoms. The van der Waals surface area contributed by atoms with Crippen molar-refractivity contribution in [2.24, 2.45) is 5.14 Å². The fraction of sp³-hybridized carbons (Fsp3) is 0.500. The van der Waals surface area contributed by atoms with Gasteiger partial charge in [-0.05, 0) is 22.4 Å². The SMILES string of the molecule is NS(=O)(=O)CCNCC(O)c1ccsc1. The van der Waals surface area contributed by atoms with E-state index in [4.69, 9.17) is 5.14 Å². The summed E-state index contributed by atoms with van der Waals surface area (Å²) in [6, 6.07) is 1.83. The number of hydrogen-bond acceptors (Lipinski definition) is 5. The lowest BCUT2D eigenvalue weighted by Gasteiger charge is -2.09. The fourth-order valence-electron chi connectivity index (χ4n) is 1.04. The highest BCUT2D eigenvalue weighted by atomic mass is 32.2. The van der Waals surface area contributed by atoms with Gasteiger partial charge in [0, 0.05) is 13.1 Å². The van der Waals surface area contributed by atoms with Gasteiger partial charge >= 0.3 is 0 Å². The van der Waals surface area contributed by atoms with Crippen molar-refractivity contribution in [2.75, 3.05) is 18.8 Å². The Kier molecular flexibility index (Phi) is 4.68. The number of rotatable bonds is 6. The predicted octanol–water partition coefficient (Wildman–Crippen LogP) is -0.340. The smallest absolute Gasteiger partial charge is 0.210 e. The third-order valence-corrected chi connectivity index (χ3v) is 3.30. The molecule has 86 valence electrons. The molecule has 0 saturated heterocycles. The number of nitrogens with one attached hydrogen (secondary N) is 1. The van der Waals surface area contributed by atoms with E-state index in [0.717, 1.165) is 5.56 Å². The van der Waals surface area contributed by atoms with Crippen LogP contribution in [0.5, 0.6) is 0 Å². The summed E-state index contributed by atoms with van der Waals surface area (Å²) in [4.78, 5) is 0. The Morgan fingerprint density at radius 1 is 1.60 bits per heavy atom. The molecule has 0 amide bonds. The minimum absolute atomic E-state index is 0.122. The molecule has 0 bridgehead atoms. The first kappa shape index (κ1) is 12.6. The summed E-state index contributed by atoms with van der Waals surface area (Å²) in [6.45, 7) is 0.576. The highest BCUT2D eigenvalue weighted by Crippen LogP contribution is 2.14. The van der Waals surface area contributed by atoms with E-state index in [2.05, 4.69) is 5.32 Å². The Morgan fingerprint density at radius 2 is 2.33 bits per heavy atom. The monoisotopic (exact) mass is 250 g/mol. The Balaban J connectivity index is 2.21. The van der Waals surface area contributed by atoms with E-state index in [1.807, 2.05) is 16.8 Å². The number of aliphatic hydroxyl groups excluding tert-OH is 1. The van der Waals surface area contributed by atoms with E-state index in [1.54, 1.807) is 0 Å². The first-order chi connectivity index (χ1) is 6.99. The first-order valence-corrected chi connectivity index (χ1v) is 7.06. The Hall–Kier alpha value is -0.470. The van der Waals surface area contributed by atoms with Gasteiger partial charge in [0.2, 0.25) is 10.0 Å². The van der Waals surface area contributed by atoms with E-state index < -0.39 is 16.1 Å². The van der Waals surface area contributed by atoms with Gasteiger partial charge in [-0.3, -0.25) is 0 Å². The molecule has 0 aromatic carbocycles. The lowest BCUT2D eigenvalue weighted by atomic mass is 10.2. The molecule has 0 saturated carbocycles. The van der Waals surface area contributed by atoms with Gasteiger partial charge < -0.3 is 10.4 Å². The highest BCUT2D eigenvalue weighted by molar-refractivity contribution is 7.89. The van der Waals surface area contributed by atoms with Gasteiger partial charge in [-0.25, -0.2) is 13.6 Å². The third kappa shape index (κ3) is 5.24. The normalized spacial score (nSPS) is 14.0. The van der Waals surface area contributed by atoms with Crippen molar-refractivity contribution >= 4 is 21.4 Å². The Bertz CT molecular complexity index is 375. The zero-order valence-corrected chi connectivity index (χ0v) is 9.72. The second kappa shape index (κ2) is 5.57. The van der Waals surface area contributed by atoms with Gasteiger partial charge in [0.15, 0.2) is 0 Å². The number of hydrogen-bond donors (Lipinski definition) is 3. The molecular formula is C8H14N2O3S2. The zero-order chi connectivity index (χ0) is 11.3. The Labute approximate surface area is 93.0 Å². The Morgan fingerprint density at radius 3 is 2.87 bits per heavy atom. The second-order valence-electron chi connectivity index (χ2n) is 3.14. The molecule has 1 heterocycles. The summed E-state index contributed by atoms with van der Waals surface area (Å²) in [6.07, 6.45) is -0.600. The average Bonchev–Trinajstić information content (AvgIpc) is 2.63. The average molecular weight is 250 g/mol. The molecule has 1 unspecified atom stereocenters. The number of primary sulfonamides is 1. The van der Waals surface area contributed by atoms with Crippen LogP contribution in [-0.2, 0) is 10.0 Å². The number of sulfonamides is 1. The van der Waals surface area contributed by atoms with Crippen molar-refractivity contribution in [3.63, 3.8) is 0 Å². The highest BCUT2D eigenvalue weighted by Gasteiger charge is 2.07. The van der Waals surface area contributed by atoms with Crippen molar-refractivity contribution in [2.45, 2.75) is 6.10 Å². The maximum atomic E-state index is 10.6. The molecule has 0 radical (unpaired) electrons. The molecule has 5 nitrogen and oxygen atoms in total. The van der Waals surface area contributed by atoms with Crippen LogP contribution in [0.3, 0.4) is 0 Å². The molecule has 1 atom stereocenters. The van der Waals surface area contributed by atoms with Gasteiger partial charge in [-0.15, -0.1) is 0 Å². The zero-order valence-electron chi connectivity index (χ0n) is 8.09. The lowest BCUT2D eigenvalue weighted by molar-refractivity contribution is 0.176. The summed E-state index contributed by atoms with van der Waals surface area (Å²) in [5.74, 6) is -0.122. The summed E-state index contributed by atoms with van der Waals surface area (Å²) < 4.78 is 21.2. The van der Waals surface area contributed by atoms with Gasteiger partial charge in [0.05, 0.1) is 11.9 Å². The molecule has 0 aliphatic rings. The van der Waals surface area contributed by atoms with Gasteiger partial charge in [-0.1, -0.05) is 0 Å². The number of aliphatic hydroxyl groups is 1. The molecule has 7 heteroatoms. The topological polar surface area (TPSA) is 92.4 Å². The van der Waals surface area contributed by atoms with Crippen LogP contribution in [0.4, 0.5) is 0 Å². The maximum Gasteiger partial charge on any atom is 0.210 e. The van der Waals surface area contributed by atoms with Gasteiger partial charge in [-0.2, -0.15) is 11.3 Å². The second-order valence-corrected chi connectivity index (χ2v) is 5.66. The van der Waals surface area contributed by atoms with Crippen LogP contribution in [0.2, 0.25) is 0 Å². The third-order valence-electron chi connectivity index (χ3n) is 1.83. The number of thiophene rings is 1. The minimum atomic E-state index is -3.42. The predicted molar refractivity (Wildman–Crippen MR) is 60.1 cm³/mol. The molecular weight excluding hydrogens is 236 g/mol. The van der Waals surface area contributed by atoms with Crippen molar-refractivity contribution in [1.82, 2.24) is 5.32 Å². The quantitative estimate of drug-likeness (QED) is 0.602. The molecule has 1 rings (SSSR count). The van der Waals surface area contributed by atoms with E-state index in [9.17, 15) is 13.5 Å². The van der Waals surface area contributed by atoms with Crippen molar-refractivity contribution in [1.29, 1.82) is 0 Å². The van der Waals surface area contributed by atoms with E-state index >= 15 is 0 Å². The van der Waals surface area contributed by atoms with E-state index in [-0.39, 0.29) is 12.3 Å². The summed E-state index contributed by atoms with van der Waals surface area (Å²) in [5.41, 5.74) is 0.836. The van der Waals surface area contributed by atoms with Crippen LogP contribution in [0.1, 0.15) is 11.7 Å². The summed E-state index contributed by atoms with van der Waals surface area (Å²) in [7, 11) is -3.42. The molecule has 15 heavy (non-hydrogen) atoms. The van der Waals surface area contributed by atoms with Crippen LogP contribution < -0.4 is 10.5 Å². The first-order valence-electron chi connectivity index (χ1n) is 4.40. The molecule has 0 aliphatic carbocycles. The minimum Gasteiger partial charge on any atom is -0.387 e. The number of nitrogens with two attached hydrogens (primary N) is 1. The van der Waals surface area contributed by atoms with Crippen LogP contribution in [0.25, 0.3) is 0 Å². The van der Waals surface area contributed by atoms with Crippen LogP contribution in [0.15, 0.2) is 16.8 Å². The summed E-state index contributed by atoms with van der Waals surface area (Å²) >= 11 is 1.51. The van der Waals surface area contributed by atoms with Crippen LogP contribution in [0, 0.1) is 0 Å². The lowest BCUT2D eigenvalue weighted by Crippen LogP contribution is -2.29. The molecule has 0 aliphatic heterocycles. The fourth-order valence-corrected chi connectivity index (χ4v) is 2.17. The van der Waals surface area contributed by atoms with Gasteiger partial charge in [0.1, 0.15) is 0 Å².